The third kappa shape index (κ3) is 7.69. The zero-order valence-electron chi connectivity index (χ0n) is 18.1. The predicted octanol–water partition coefficient (Wildman–Crippen LogP) is 1.74. The molecule has 3 saturated heterocycles. The highest BCUT2D eigenvalue weighted by atomic mass is 16.8. The van der Waals surface area contributed by atoms with E-state index in [1.54, 1.807) is 13.8 Å². The minimum Gasteiger partial charge on any atom is -0.353 e. The molecule has 0 spiro atoms. The Balaban J connectivity index is 1.50. The molecule has 0 aromatic heterocycles. The van der Waals surface area contributed by atoms with Gasteiger partial charge in [-0.2, -0.15) is 0 Å². The monoisotopic (exact) mass is 434 g/mol. The first-order chi connectivity index (χ1) is 14.9. The molecule has 3 fully saturated rings. The van der Waals surface area contributed by atoms with E-state index in [4.69, 9.17) is 28.4 Å². The van der Waals surface area contributed by atoms with Crippen molar-refractivity contribution in [3.63, 3.8) is 0 Å². The summed E-state index contributed by atoms with van der Waals surface area (Å²) in [5.74, 6) is 8.10. The first-order valence-electron chi connectivity index (χ1n) is 10.8. The van der Waals surface area contributed by atoms with Crippen LogP contribution in [0.5, 0.6) is 0 Å². The fraction of sp³-hybridized carbons (Fsp3) is 0.739. The molecule has 0 radical (unpaired) electrons. The van der Waals surface area contributed by atoms with Crippen LogP contribution in [0.15, 0.2) is 0 Å². The van der Waals surface area contributed by atoms with E-state index in [1.165, 1.54) is 0 Å². The highest BCUT2D eigenvalue weighted by molar-refractivity contribution is 6.07. The van der Waals surface area contributed by atoms with Gasteiger partial charge in [0, 0.05) is 13.2 Å². The second-order valence-corrected chi connectivity index (χ2v) is 8.02. The van der Waals surface area contributed by atoms with Crippen LogP contribution >= 0.6 is 0 Å². The lowest BCUT2D eigenvalue weighted by Gasteiger charge is -2.21. The molecule has 170 valence electrons. The standard InChI is InChI=1S/C23H30O8/c1-23(2)30-21(17(24)9-7-15-28-19-11-3-5-13-26-19)22(31-23)18(25)10-8-16-29-20-12-4-6-14-27-20/h19-22H,3-6,11-16H2,1-2H3/t19?,20?,21-,22-/m0/s1. The van der Waals surface area contributed by atoms with E-state index in [2.05, 4.69) is 23.7 Å². The molecule has 3 rings (SSSR count). The average Bonchev–Trinajstić information content (AvgIpc) is 3.11. The van der Waals surface area contributed by atoms with Crippen molar-refractivity contribution in [3.05, 3.63) is 0 Å². The topological polar surface area (TPSA) is 89.5 Å². The van der Waals surface area contributed by atoms with E-state index in [0.29, 0.717) is 13.2 Å². The van der Waals surface area contributed by atoms with E-state index in [0.717, 1.165) is 38.5 Å². The molecular formula is C23H30O8. The summed E-state index contributed by atoms with van der Waals surface area (Å²) in [4.78, 5) is 25.1. The van der Waals surface area contributed by atoms with Gasteiger partial charge < -0.3 is 28.4 Å². The number of Topliss-reactive ketones (excluding diaryl/α,β-unsaturated/α-hetero) is 2. The van der Waals surface area contributed by atoms with Crippen LogP contribution in [0.1, 0.15) is 52.4 Å². The van der Waals surface area contributed by atoms with Crippen LogP contribution in [0.25, 0.3) is 0 Å². The third-order valence-corrected chi connectivity index (χ3v) is 5.00. The number of hydrogen-bond acceptors (Lipinski definition) is 8. The van der Waals surface area contributed by atoms with Gasteiger partial charge in [-0.1, -0.05) is 11.8 Å². The zero-order chi connectivity index (χ0) is 22.1. The van der Waals surface area contributed by atoms with Gasteiger partial charge in [-0.15, -0.1) is 0 Å². The van der Waals surface area contributed by atoms with Crippen LogP contribution in [0.4, 0.5) is 0 Å². The van der Waals surface area contributed by atoms with Gasteiger partial charge >= 0.3 is 0 Å². The molecule has 0 aliphatic carbocycles. The summed E-state index contributed by atoms with van der Waals surface area (Å²) in [6.07, 6.45) is 2.92. The maximum Gasteiger partial charge on any atom is 0.237 e. The molecule has 0 saturated carbocycles. The van der Waals surface area contributed by atoms with Crippen LogP contribution in [0.3, 0.4) is 0 Å². The lowest BCUT2D eigenvalue weighted by Crippen LogP contribution is -2.36. The maximum absolute atomic E-state index is 12.5. The van der Waals surface area contributed by atoms with Gasteiger partial charge in [-0.25, -0.2) is 0 Å². The second kappa shape index (κ2) is 11.7. The van der Waals surface area contributed by atoms with Gasteiger partial charge in [0.25, 0.3) is 0 Å². The Kier molecular flexibility index (Phi) is 9.03. The summed E-state index contributed by atoms with van der Waals surface area (Å²) in [7, 11) is 0. The van der Waals surface area contributed by atoms with Gasteiger partial charge in [0.15, 0.2) is 30.6 Å². The molecule has 8 heteroatoms. The number of carbonyl (C=O) groups is 2. The van der Waals surface area contributed by atoms with Crippen molar-refractivity contribution in [3.8, 4) is 23.7 Å². The Morgan fingerprint density at radius 2 is 1.26 bits per heavy atom. The molecule has 0 aromatic rings. The minimum absolute atomic E-state index is 0.0619. The van der Waals surface area contributed by atoms with Crippen molar-refractivity contribution in [1.82, 2.24) is 0 Å². The molecule has 0 bridgehead atoms. The number of ketones is 2. The van der Waals surface area contributed by atoms with E-state index >= 15 is 0 Å². The van der Waals surface area contributed by atoms with Crippen LogP contribution in [-0.2, 0) is 38.0 Å². The first kappa shape index (κ1) is 23.9. The van der Waals surface area contributed by atoms with Crippen molar-refractivity contribution in [2.45, 2.75) is 82.9 Å². The Labute approximate surface area is 183 Å². The number of carbonyl (C=O) groups excluding carboxylic acids is 2. The number of rotatable bonds is 6. The SMILES string of the molecule is CC1(C)O[C@@H](C(=O)C#CCOC2CCCCO2)[C@H](C(=O)C#CCOC2CCCCO2)O1. The summed E-state index contributed by atoms with van der Waals surface area (Å²) in [6, 6.07) is 0. The lowest BCUT2D eigenvalue weighted by molar-refractivity contribution is -0.155. The van der Waals surface area contributed by atoms with Gasteiger partial charge in [0.2, 0.25) is 11.6 Å². The molecule has 31 heavy (non-hydrogen) atoms. The molecule has 8 nitrogen and oxygen atoms in total. The molecular weight excluding hydrogens is 404 g/mol. The van der Waals surface area contributed by atoms with Crippen molar-refractivity contribution < 1.29 is 38.0 Å². The highest BCUT2D eigenvalue weighted by Gasteiger charge is 2.48. The van der Waals surface area contributed by atoms with Gasteiger partial charge in [-0.05, 0) is 64.2 Å². The Morgan fingerprint density at radius 3 is 1.65 bits per heavy atom. The Bertz CT molecular complexity index is 679. The van der Waals surface area contributed by atoms with Crippen molar-refractivity contribution >= 4 is 11.6 Å². The molecule has 3 aliphatic rings. The Hall–Kier alpha value is -1.78. The predicted molar refractivity (Wildman–Crippen MR) is 108 cm³/mol. The van der Waals surface area contributed by atoms with Crippen LogP contribution in [-0.4, -0.2) is 68.6 Å². The summed E-state index contributed by atoms with van der Waals surface area (Å²) >= 11 is 0. The normalized spacial score (nSPS) is 29.9. The number of hydrogen-bond donors (Lipinski definition) is 0. The van der Waals surface area contributed by atoms with Crippen molar-refractivity contribution in [2.24, 2.45) is 0 Å². The van der Waals surface area contributed by atoms with Crippen LogP contribution < -0.4 is 0 Å². The van der Waals surface area contributed by atoms with E-state index in [9.17, 15) is 9.59 Å². The van der Waals surface area contributed by atoms with Crippen LogP contribution in [0, 0.1) is 23.7 Å². The maximum atomic E-state index is 12.5. The number of ether oxygens (including phenoxy) is 6. The zero-order valence-corrected chi connectivity index (χ0v) is 18.1. The molecule has 4 atom stereocenters. The van der Waals surface area contributed by atoms with Crippen molar-refractivity contribution in [2.75, 3.05) is 26.4 Å². The van der Waals surface area contributed by atoms with E-state index in [-0.39, 0.29) is 25.8 Å². The molecule has 0 aromatic carbocycles. The average molecular weight is 434 g/mol. The fourth-order valence-corrected chi connectivity index (χ4v) is 3.49. The summed E-state index contributed by atoms with van der Waals surface area (Å²) < 4.78 is 33.1. The highest BCUT2D eigenvalue weighted by Crippen LogP contribution is 2.29. The molecule has 3 heterocycles. The summed E-state index contributed by atoms with van der Waals surface area (Å²) in [6.45, 7) is 4.73. The van der Waals surface area contributed by atoms with Gasteiger partial charge in [0.1, 0.15) is 13.2 Å². The summed E-state index contributed by atoms with van der Waals surface area (Å²) in [5, 5.41) is 0. The third-order valence-electron chi connectivity index (χ3n) is 5.00. The van der Waals surface area contributed by atoms with E-state index < -0.39 is 29.6 Å². The minimum atomic E-state index is -1.14. The quantitative estimate of drug-likeness (QED) is 0.461. The van der Waals surface area contributed by atoms with Crippen molar-refractivity contribution in [1.29, 1.82) is 0 Å². The smallest absolute Gasteiger partial charge is 0.237 e. The van der Waals surface area contributed by atoms with E-state index in [1.807, 2.05) is 0 Å². The van der Waals surface area contributed by atoms with Gasteiger partial charge in [0.05, 0.1) is 0 Å². The first-order valence-corrected chi connectivity index (χ1v) is 10.8. The van der Waals surface area contributed by atoms with Gasteiger partial charge in [-0.3, -0.25) is 9.59 Å². The summed E-state index contributed by atoms with van der Waals surface area (Å²) in [5.41, 5.74) is 0. The molecule has 3 aliphatic heterocycles. The Morgan fingerprint density at radius 1 is 0.806 bits per heavy atom. The molecule has 2 unspecified atom stereocenters. The molecule has 0 amide bonds. The molecule has 0 N–H and O–H groups in total. The second-order valence-electron chi connectivity index (χ2n) is 8.02. The largest absolute Gasteiger partial charge is 0.353 e. The fourth-order valence-electron chi connectivity index (χ4n) is 3.49. The lowest BCUT2D eigenvalue weighted by atomic mass is 10.1. The van der Waals surface area contributed by atoms with Crippen LogP contribution in [0.2, 0.25) is 0 Å².